The first-order valence-electron chi connectivity index (χ1n) is 6.06. The lowest BCUT2D eigenvalue weighted by molar-refractivity contribution is 0.0535. The van der Waals surface area contributed by atoms with Gasteiger partial charge in [-0.3, -0.25) is 4.90 Å². The van der Waals surface area contributed by atoms with Gasteiger partial charge in [-0.15, -0.1) is 0 Å². The zero-order valence-corrected chi connectivity index (χ0v) is 10.7. The van der Waals surface area contributed by atoms with E-state index in [9.17, 15) is 0 Å². The van der Waals surface area contributed by atoms with Crippen molar-refractivity contribution in [2.24, 2.45) is 0 Å². The molecule has 1 saturated heterocycles. The van der Waals surface area contributed by atoms with Gasteiger partial charge in [0.15, 0.2) is 0 Å². The smallest absolute Gasteiger partial charge is 0.0700 e. The number of methoxy groups -OCH3 is 1. The Morgan fingerprint density at radius 2 is 1.81 bits per heavy atom. The van der Waals surface area contributed by atoms with Crippen molar-refractivity contribution < 1.29 is 9.47 Å². The van der Waals surface area contributed by atoms with Crippen molar-refractivity contribution in [2.75, 3.05) is 60.2 Å². The standard InChI is InChI=1S/C12H25N2O2/c1-12(4-9-16-11-10-15-3)14-7-5-13(2)6-8-14/h12H,1,4-11H2,2-3H3. The Labute approximate surface area is 99.5 Å². The summed E-state index contributed by atoms with van der Waals surface area (Å²) in [5.41, 5.74) is 0. The first-order valence-corrected chi connectivity index (χ1v) is 6.06. The summed E-state index contributed by atoms with van der Waals surface area (Å²) in [6.45, 7) is 10.9. The molecule has 1 atom stereocenters. The molecule has 0 aromatic carbocycles. The van der Waals surface area contributed by atoms with Crippen molar-refractivity contribution in [1.29, 1.82) is 0 Å². The maximum Gasteiger partial charge on any atom is 0.0700 e. The second-order valence-corrected chi connectivity index (χ2v) is 4.39. The van der Waals surface area contributed by atoms with E-state index < -0.39 is 0 Å². The molecule has 1 aliphatic heterocycles. The first kappa shape index (κ1) is 13.9. The van der Waals surface area contributed by atoms with Crippen molar-refractivity contribution in [3.05, 3.63) is 6.92 Å². The number of ether oxygens (including phenoxy) is 2. The summed E-state index contributed by atoms with van der Waals surface area (Å²) < 4.78 is 10.4. The fourth-order valence-electron chi connectivity index (χ4n) is 1.83. The lowest BCUT2D eigenvalue weighted by atomic mass is 10.2. The lowest BCUT2D eigenvalue weighted by Gasteiger charge is -2.36. The molecular weight excluding hydrogens is 204 g/mol. The van der Waals surface area contributed by atoms with E-state index in [4.69, 9.17) is 9.47 Å². The summed E-state index contributed by atoms with van der Waals surface area (Å²) in [7, 11) is 3.86. The van der Waals surface area contributed by atoms with E-state index in [0.29, 0.717) is 19.3 Å². The summed E-state index contributed by atoms with van der Waals surface area (Å²) >= 11 is 0. The van der Waals surface area contributed by atoms with Gasteiger partial charge in [0.2, 0.25) is 0 Å². The molecule has 1 unspecified atom stereocenters. The fraction of sp³-hybridized carbons (Fsp3) is 0.917. The third-order valence-corrected chi connectivity index (χ3v) is 3.08. The van der Waals surface area contributed by atoms with Crippen LogP contribution in [-0.4, -0.2) is 76.0 Å². The number of hydrogen-bond donors (Lipinski definition) is 0. The SMILES string of the molecule is [CH2]C(CCOCCOC)N1CCN(C)CC1. The Bertz CT molecular complexity index is 170. The molecule has 0 spiro atoms. The summed E-state index contributed by atoms with van der Waals surface area (Å²) in [5, 5.41) is 0. The van der Waals surface area contributed by atoms with E-state index in [-0.39, 0.29) is 0 Å². The molecule has 0 aromatic rings. The normalized spacial score (nSPS) is 21.2. The zero-order chi connectivity index (χ0) is 11.8. The molecule has 0 saturated carbocycles. The van der Waals surface area contributed by atoms with Crippen LogP contribution in [0.1, 0.15) is 6.42 Å². The van der Waals surface area contributed by atoms with Gasteiger partial charge in [-0.1, -0.05) is 0 Å². The third-order valence-electron chi connectivity index (χ3n) is 3.08. The molecule has 1 aliphatic rings. The summed E-state index contributed by atoms with van der Waals surface area (Å²) in [6.07, 6.45) is 1.01. The highest BCUT2D eigenvalue weighted by atomic mass is 16.5. The largest absolute Gasteiger partial charge is 0.382 e. The van der Waals surface area contributed by atoms with E-state index in [1.165, 1.54) is 0 Å². The zero-order valence-electron chi connectivity index (χ0n) is 10.7. The average Bonchev–Trinajstić information content (AvgIpc) is 2.29. The average molecular weight is 229 g/mol. The van der Waals surface area contributed by atoms with Crippen LogP contribution in [0.3, 0.4) is 0 Å². The van der Waals surface area contributed by atoms with Crippen molar-refractivity contribution in [2.45, 2.75) is 12.5 Å². The predicted octanol–water partition coefficient (Wildman–Crippen LogP) is 0.490. The van der Waals surface area contributed by atoms with Gasteiger partial charge >= 0.3 is 0 Å². The summed E-state index contributed by atoms with van der Waals surface area (Å²) in [5.74, 6) is 0. The molecule has 1 fully saturated rings. The monoisotopic (exact) mass is 229 g/mol. The number of piperazine rings is 1. The molecule has 1 heterocycles. The van der Waals surface area contributed by atoms with E-state index in [2.05, 4.69) is 23.8 Å². The Balaban J connectivity index is 2.03. The molecule has 1 rings (SSSR count). The van der Waals surface area contributed by atoms with E-state index in [1.54, 1.807) is 7.11 Å². The molecule has 0 bridgehead atoms. The van der Waals surface area contributed by atoms with Gasteiger partial charge in [0, 0.05) is 45.9 Å². The van der Waals surface area contributed by atoms with Gasteiger partial charge in [0.1, 0.15) is 0 Å². The molecule has 0 N–H and O–H groups in total. The minimum atomic E-state index is 0.385. The number of hydrogen-bond acceptors (Lipinski definition) is 4. The van der Waals surface area contributed by atoms with Gasteiger partial charge < -0.3 is 14.4 Å². The molecule has 1 radical (unpaired) electrons. The van der Waals surface area contributed by atoms with Crippen LogP contribution in [-0.2, 0) is 9.47 Å². The maximum absolute atomic E-state index is 5.45. The molecule has 0 amide bonds. The van der Waals surface area contributed by atoms with Crippen molar-refractivity contribution in [1.82, 2.24) is 9.80 Å². The highest BCUT2D eigenvalue weighted by molar-refractivity contribution is 4.78. The quantitative estimate of drug-likeness (QED) is 0.593. The van der Waals surface area contributed by atoms with Crippen LogP contribution >= 0.6 is 0 Å². The third kappa shape index (κ3) is 5.25. The number of rotatable bonds is 7. The second kappa shape index (κ2) is 8.01. The van der Waals surface area contributed by atoms with Crippen LogP contribution in [0, 0.1) is 6.92 Å². The van der Waals surface area contributed by atoms with Crippen LogP contribution in [0.4, 0.5) is 0 Å². The van der Waals surface area contributed by atoms with Crippen molar-refractivity contribution in [3.63, 3.8) is 0 Å². The summed E-state index contributed by atoms with van der Waals surface area (Å²) in [4.78, 5) is 4.80. The predicted molar refractivity (Wildman–Crippen MR) is 65.5 cm³/mol. The van der Waals surface area contributed by atoms with Crippen LogP contribution in [0.15, 0.2) is 0 Å². The highest BCUT2D eigenvalue weighted by Crippen LogP contribution is 2.07. The number of nitrogens with zero attached hydrogens (tertiary/aromatic N) is 2. The molecule has 16 heavy (non-hydrogen) atoms. The molecule has 0 aliphatic carbocycles. The Morgan fingerprint density at radius 3 is 2.44 bits per heavy atom. The van der Waals surface area contributed by atoms with Crippen LogP contribution in [0.25, 0.3) is 0 Å². The Hall–Kier alpha value is -0.160. The summed E-state index contributed by atoms with van der Waals surface area (Å²) in [6, 6.07) is 0.385. The Morgan fingerprint density at radius 1 is 1.12 bits per heavy atom. The minimum Gasteiger partial charge on any atom is -0.382 e. The van der Waals surface area contributed by atoms with E-state index in [1.807, 2.05) is 0 Å². The lowest BCUT2D eigenvalue weighted by Crippen LogP contribution is -2.48. The fourth-order valence-corrected chi connectivity index (χ4v) is 1.83. The van der Waals surface area contributed by atoms with Gasteiger partial charge in [-0.2, -0.15) is 0 Å². The van der Waals surface area contributed by atoms with Crippen LogP contribution in [0.2, 0.25) is 0 Å². The van der Waals surface area contributed by atoms with Crippen LogP contribution < -0.4 is 0 Å². The molecule has 95 valence electrons. The first-order chi connectivity index (χ1) is 7.74. The molecule has 4 nitrogen and oxygen atoms in total. The van der Waals surface area contributed by atoms with Gasteiger partial charge in [0.25, 0.3) is 0 Å². The van der Waals surface area contributed by atoms with Gasteiger partial charge in [-0.25, -0.2) is 0 Å². The van der Waals surface area contributed by atoms with Gasteiger partial charge in [-0.05, 0) is 20.4 Å². The van der Waals surface area contributed by atoms with E-state index in [0.717, 1.165) is 39.2 Å². The van der Waals surface area contributed by atoms with E-state index >= 15 is 0 Å². The molecule has 4 heteroatoms. The second-order valence-electron chi connectivity index (χ2n) is 4.39. The number of likely N-dealkylation sites (N-methyl/N-ethyl adjacent to an activating group) is 1. The minimum absolute atomic E-state index is 0.385. The Kier molecular flexibility index (Phi) is 6.96. The molecular formula is C12H25N2O2. The maximum atomic E-state index is 5.45. The topological polar surface area (TPSA) is 24.9 Å². The molecule has 0 aromatic heterocycles. The van der Waals surface area contributed by atoms with Crippen molar-refractivity contribution in [3.8, 4) is 0 Å². The highest BCUT2D eigenvalue weighted by Gasteiger charge is 2.18. The van der Waals surface area contributed by atoms with Crippen LogP contribution in [0.5, 0.6) is 0 Å². The van der Waals surface area contributed by atoms with Crippen molar-refractivity contribution >= 4 is 0 Å². The van der Waals surface area contributed by atoms with Gasteiger partial charge in [0.05, 0.1) is 13.2 Å².